The Balaban J connectivity index is 2.42. The molecule has 0 aliphatic heterocycles. The molecule has 0 atom stereocenters. The molecule has 0 bridgehead atoms. The van der Waals surface area contributed by atoms with Crippen molar-refractivity contribution in [2.45, 2.75) is 13.8 Å². The van der Waals surface area contributed by atoms with E-state index in [4.69, 9.17) is 39.5 Å². The Morgan fingerprint density at radius 1 is 1.00 bits per heavy atom. The molecule has 3 nitrogen and oxygen atoms in total. The van der Waals surface area contributed by atoms with E-state index in [2.05, 4.69) is 25.9 Å². The number of aryl methyl sites for hydroxylation is 2. The summed E-state index contributed by atoms with van der Waals surface area (Å²) in [6.07, 6.45) is 0. The Bertz CT molecular complexity index is 594. The van der Waals surface area contributed by atoms with Gasteiger partial charge in [-0.2, -0.15) is 0 Å². The van der Waals surface area contributed by atoms with Crippen LogP contribution in [0.5, 0.6) is 11.6 Å². The molecule has 0 N–H and O–H groups in total. The minimum atomic E-state index is 0.179. The van der Waals surface area contributed by atoms with Crippen molar-refractivity contribution in [3.63, 3.8) is 0 Å². The Morgan fingerprint density at radius 2 is 1.63 bits per heavy atom. The average Bonchev–Trinajstić information content (AvgIpc) is 2.32. The molecule has 100 valence electrons. The summed E-state index contributed by atoms with van der Waals surface area (Å²) in [4.78, 5) is 8.36. The van der Waals surface area contributed by atoms with Gasteiger partial charge >= 0.3 is 0 Å². The quantitative estimate of drug-likeness (QED) is 0.634. The van der Waals surface area contributed by atoms with Gasteiger partial charge in [0.2, 0.25) is 0 Å². The summed E-state index contributed by atoms with van der Waals surface area (Å²) in [5.74, 6) is 0.569. The molecule has 0 aliphatic carbocycles. The SMILES string of the molecule is Cc1nc(Cl)c(Oc2cc(Cl)c(Br)cc2Cl)nc1C. The second kappa shape index (κ2) is 5.83. The molecule has 2 aromatic rings. The summed E-state index contributed by atoms with van der Waals surface area (Å²) in [6, 6.07) is 3.22. The lowest BCUT2D eigenvalue weighted by molar-refractivity contribution is 0.458. The van der Waals surface area contributed by atoms with E-state index in [0.717, 1.165) is 11.4 Å². The molecule has 19 heavy (non-hydrogen) atoms. The summed E-state index contributed by atoms with van der Waals surface area (Å²) in [5, 5.41) is 1.05. The van der Waals surface area contributed by atoms with Crippen LogP contribution in [0.1, 0.15) is 11.4 Å². The molecule has 0 spiro atoms. The first-order chi connectivity index (χ1) is 8.88. The van der Waals surface area contributed by atoms with Crippen molar-refractivity contribution in [2.75, 3.05) is 0 Å². The fraction of sp³-hybridized carbons (Fsp3) is 0.167. The van der Waals surface area contributed by atoms with Gasteiger partial charge < -0.3 is 4.74 Å². The molecule has 0 unspecified atom stereocenters. The third kappa shape index (κ3) is 3.31. The lowest BCUT2D eigenvalue weighted by Gasteiger charge is -2.10. The van der Waals surface area contributed by atoms with Crippen LogP contribution in [0.2, 0.25) is 15.2 Å². The highest BCUT2D eigenvalue weighted by molar-refractivity contribution is 9.10. The van der Waals surface area contributed by atoms with E-state index < -0.39 is 0 Å². The molecule has 1 aromatic heterocycles. The van der Waals surface area contributed by atoms with Crippen LogP contribution >= 0.6 is 50.7 Å². The monoisotopic (exact) mass is 380 g/mol. The van der Waals surface area contributed by atoms with Crippen molar-refractivity contribution in [3.05, 3.63) is 43.2 Å². The van der Waals surface area contributed by atoms with Gasteiger partial charge in [0.1, 0.15) is 5.75 Å². The number of aromatic nitrogens is 2. The predicted octanol–water partition coefficient (Wildman–Crippen LogP) is 5.61. The maximum atomic E-state index is 6.07. The number of halogens is 4. The van der Waals surface area contributed by atoms with Crippen LogP contribution in [0.3, 0.4) is 0 Å². The van der Waals surface area contributed by atoms with Crippen molar-refractivity contribution in [1.29, 1.82) is 0 Å². The topological polar surface area (TPSA) is 35.0 Å². The molecule has 0 saturated heterocycles. The largest absolute Gasteiger partial charge is 0.435 e. The van der Waals surface area contributed by atoms with Crippen LogP contribution in [-0.2, 0) is 0 Å². The van der Waals surface area contributed by atoms with Gasteiger partial charge in [-0.05, 0) is 35.8 Å². The summed E-state index contributed by atoms with van der Waals surface area (Å²) >= 11 is 21.3. The van der Waals surface area contributed by atoms with Crippen molar-refractivity contribution in [2.24, 2.45) is 0 Å². The summed E-state index contributed by atoms with van der Waals surface area (Å²) in [5.41, 5.74) is 1.48. The smallest absolute Gasteiger partial charge is 0.257 e. The van der Waals surface area contributed by atoms with E-state index in [1.807, 2.05) is 13.8 Å². The standard InChI is InChI=1S/C12H8BrCl3N2O/c1-5-6(2)18-12(11(16)17-5)19-10-4-8(14)7(13)3-9(10)15/h3-4H,1-2H3. The molecule has 2 rings (SSSR count). The third-order valence-electron chi connectivity index (χ3n) is 2.42. The maximum Gasteiger partial charge on any atom is 0.257 e. The normalized spacial score (nSPS) is 10.6. The molecule has 1 aromatic carbocycles. The van der Waals surface area contributed by atoms with Gasteiger partial charge in [-0.1, -0.05) is 34.8 Å². The first kappa shape index (κ1) is 14.9. The van der Waals surface area contributed by atoms with Gasteiger partial charge in [-0.3, -0.25) is 0 Å². The van der Waals surface area contributed by atoms with Gasteiger partial charge in [-0.25, -0.2) is 9.97 Å². The second-order valence-corrected chi connectivity index (χ2v) is 5.82. The van der Waals surface area contributed by atoms with Crippen molar-refractivity contribution >= 4 is 50.7 Å². The van der Waals surface area contributed by atoms with Gasteiger partial charge in [-0.15, -0.1) is 0 Å². The first-order valence-electron chi connectivity index (χ1n) is 5.21. The minimum absolute atomic E-state index is 0.179. The van der Waals surface area contributed by atoms with Crippen LogP contribution in [-0.4, -0.2) is 9.97 Å². The molecule has 0 fully saturated rings. The van der Waals surface area contributed by atoms with E-state index in [1.165, 1.54) is 0 Å². The van der Waals surface area contributed by atoms with Crippen molar-refractivity contribution in [1.82, 2.24) is 9.97 Å². The Morgan fingerprint density at radius 3 is 2.32 bits per heavy atom. The number of nitrogens with zero attached hydrogens (tertiary/aromatic N) is 2. The summed E-state index contributed by atoms with van der Waals surface area (Å²) in [7, 11) is 0. The van der Waals surface area contributed by atoms with Crippen LogP contribution in [0.15, 0.2) is 16.6 Å². The molecule has 1 heterocycles. The number of hydrogen-bond donors (Lipinski definition) is 0. The van der Waals surface area contributed by atoms with Crippen LogP contribution in [0.25, 0.3) is 0 Å². The third-order valence-corrected chi connectivity index (χ3v) is 4.16. The number of benzene rings is 1. The van der Waals surface area contributed by atoms with Crippen LogP contribution in [0.4, 0.5) is 0 Å². The van der Waals surface area contributed by atoms with Crippen molar-refractivity contribution < 1.29 is 4.74 Å². The molecule has 0 radical (unpaired) electrons. The zero-order valence-corrected chi connectivity index (χ0v) is 13.8. The molecule has 0 aliphatic rings. The predicted molar refractivity (Wildman–Crippen MR) is 80.8 cm³/mol. The van der Waals surface area contributed by atoms with Gasteiger partial charge in [0.05, 0.1) is 21.4 Å². The highest BCUT2D eigenvalue weighted by atomic mass is 79.9. The first-order valence-corrected chi connectivity index (χ1v) is 7.14. The van der Waals surface area contributed by atoms with E-state index in [1.54, 1.807) is 12.1 Å². The number of hydrogen-bond acceptors (Lipinski definition) is 3. The van der Waals surface area contributed by atoms with Crippen LogP contribution < -0.4 is 4.74 Å². The van der Waals surface area contributed by atoms with E-state index in [9.17, 15) is 0 Å². The highest BCUT2D eigenvalue weighted by Gasteiger charge is 2.13. The molecule has 7 heteroatoms. The molecular formula is C12H8BrCl3N2O. The van der Waals surface area contributed by atoms with E-state index >= 15 is 0 Å². The fourth-order valence-electron chi connectivity index (χ4n) is 1.31. The fourth-order valence-corrected chi connectivity index (χ4v) is 2.35. The average molecular weight is 382 g/mol. The van der Waals surface area contributed by atoms with Gasteiger partial charge in [0.15, 0.2) is 5.15 Å². The highest BCUT2D eigenvalue weighted by Crippen LogP contribution is 2.37. The Hall–Kier alpha value is -0.550. The minimum Gasteiger partial charge on any atom is -0.435 e. The zero-order chi connectivity index (χ0) is 14.2. The van der Waals surface area contributed by atoms with Gasteiger partial charge in [0, 0.05) is 10.5 Å². The lowest BCUT2D eigenvalue weighted by atomic mass is 10.3. The molecular weight excluding hydrogens is 374 g/mol. The van der Waals surface area contributed by atoms with Gasteiger partial charge in [0.25, 0.3) is 5.88 Å². The Labute approximate surface area is 134 Å². The Kier molecular flexibility index (Phi) is 4.56. The zero-order valence-electron chi connectivity index (χ0n) is 9.97. The summed E-state index contributed by atoms with van der Waals surface area (Å²) in [6.45, 7) is 3.64. The number of rotatable bonds is 2. The van der Waals surface area contributed by atoms with Crippen LogP contribution in [0, 0.1) is 13.8 Å². The second-order valence-electron chi connectivity index (χ2n) is 3.79. The van der Waals surface area contributed by atoms with E-state index in [0.29, 0.717) is 20.3 Å². The molecule has 0 amide bonds. The molecule has 0 saturated carbocycles. The lowest BCUT2D eigenvalue weighted by Crippen LogP contribution is -1.97. The van der Waals surface area contributed by atoms with Crippen molar-refractivity contribution in [3.8, 4) is 11.6 Å². The summed E-state index contributed by atoms with van der Waals surface area (Å²) < 4.78 is 6.25. The van der Waals surface area contributed by atoms with E-state index in [-0.39, 0.29) is 11.0 Å². The maximum absolute atomic E-state index is 6.07. The number of ether oxygens (including phenoxy) is 1.